The van der Waals surface area contributed by atoms with Crippen LogP contribution in [0.1, 0.15) is 51.0 Å². The van der Waals surface area contributed by atoms with Crippen LogP contribution in [0.25, 0.3) is 32.2 Å². The second-order valence-corrected chi connectivity index (χ2v) is 8.99. The van der Waals surface area contributed by atoms with Gasteiger partial charge in [-0.25, -0.2) is 4.98 Å². The Balaban J connectivity index is 1.70. The fraction of sp³-hybridized carbons (Fsp3) is 0.391. The molecule has 2 aromatic carbocycles. The summed E-state index contributed by atoms with van der Waals surface area (Å²) in [6.07, 6.45) is 5.73. The van der Waals surface area contributed by atoms with Crippen molar-refractivity contribution in [1.29, 1.82) is 0 Å². The summed E-state index contributed by atoms with van der Waals surface area (Å²) >= 11 is 1.88. The molecule has 0 aliphatic rings. The second-order valence-electron chi connectivity index (χ2n) is 7.93. The molecule has 27 heavy (non-hydrogen) atoms. The highest BCUT2D eigenvalue weighted by atomic mass is 32.1. The highest BCUT2D eigenvalue weighted by molar-refractivity contribution is 7.18. The van der Waals surface area contributed by atoms with Crippen LogP contribution in [-0.4, -0.2) is 14.8 Å². The number of hydrogen-bond acceptors (Lipinski definition) is 3. The normalized spacial score (nSPS) is 13.1. The van der Waals surface area contributed by atoms with Crippen LogP contribution in [-0.2, 0) is 7.05 Å². The third kappa shape index (κ3) is 3.77. The predicted molar refractivity (Wildman–Crippen MR) is 116 cm³/mol. The Morgan fingerprint density at radius 2 is 1.78 bits per heavy atom. The summed E-state index contributed by atoms with van der Waals surface area (Å²) in [5.41, 5.74) is 4.66. The molecule has 0 saturated heterocycles. The van der Waals surface area contributed by atoms with Gasteiger partial charge in [-0.15, -0.1) is 11.3 Å². The lowest BCUT2D eigenvalue weighted by Gasteiger charge is -2.15. The van der Waals surface area contributed by atoms with Crippen LogP contribution in [0.2, 0.25) is 0 Å². The van der Waals surface area contributed by atoms with Crippen molar-refractivity contribution in [2.24, 2.45) is 13.0 Å². The van der Waals surface area contributed by atoms with E-state index in [0.717, 1.165) is 11.0 Å². The van der Waals surface area contributed by atoms with Gasteiger partial charge in [0.2, 0.25) is 0 Å². The average Bonchev–Trinajstić information content (AvgIpc) is 3.21. The fourth-order valence-corrected chi connectivity index (χ4v) is 5.04. The number of thiazole rings is 1. The summed E-state index contributed by atoms with van der Waals surface area (Å²) in [6.45, 7) is 6.89. The zero-order valence-electron chi connectivity index (χ0n) is 16.6. The molecule has 0 bridgehead atoms. The van der Waals surface area contributed by atoms with E-state index < -0.39 is 0 Å². The number of fused-ring (bicyclic) bond motifs is 2. The third-order valence-electron chi connectivity index (χ3n) is 5.10. The zero-order valence-corrected chi connectivity index (χ0v) is 17.4. The van der Waals surface area contributed by atoms with Gasteiger partial charge in [-0.2, -0.15) is 5.10 Å². The quantitative estimate of drug-likeness (QED) is 0.371. The topological polar surface area (TPSA) is 30.7 Å². The first-order valence-corrected chi connectivity index (χ1v) is 10.7. The Morgan fingerprint density at radius 3 is 2.52 bits per heavy atom. The minimum absolute atomic E-state index is 0.586. The molecular weight excluding hydrogens is 350 g/mol. The van der Waals surface area contributed by atoms with Crippen LogP contribution in [0.4, 0.5) is 0 Å². The van der Waals surface area contributed by atoms with E-state index in [1.165, 1.54) is 45.5 Å². The van der Waals surface area contributed by atoms with Crippen molar-refractivity contribution in [3.8, 4) is 11.1 Å². The van der Waals surface area contributed by atoms with E-state index in [9.17, 15) is 0 Å². The molecule has 0 amide bonds. The molecule has 1 unspecified atom stereocenters. The molecule has 0 saturated carbocycles. The van der Waals surface area contributed by atoms with Gasteiger partial charge in [0, 0.05) is 24.5 Å². The molecule has 2 aromatic heterocycles. The summed E-state index contributed by atoms with van der Waals surface area (Å²) < 4.78 is 3.16. The smallest absolute Gasteiger partial charge is 0.0969 e. The van der Waals surface area contributed by atoms with E-state index in [0.29, 0.717) is 11.8 Å². The molecule has 0 fully saturated rings. The molecule has 3 nitrogen and oxygen atoms in total. The summed E-state index contributed by atoms with van der Waals surface area (Å²) in [5.74, 6) is 1.29. The molecule has 0 spiro atoms. The van der Waals surface area contributed by atoms with E-state index in [-0.39, 0.29) is 0 Å². The summed E-state index contributed by atoms with van der Waals surface area (Å²) in [4.78, 5) is 4.98. The Hall–Kier alpha value is -2.20. The minimum Gasteiger partial charge on any atom is -0.275 e. The summed E-state index contributed by atoms with van der Waals surface area (Å²) in [5, 5.41) is 6.96. The highest BCUT2D eigenvalue weighted by Gasteiger charge is 2.17. The molecule has 0 N–H and O–H groups in total. The maximum Gasteiger partial charge on any atom is 0.0969 e. The first-order chi connectivity index (χ1) is 13.0. The largest absolute Gasteiger partial charge is 0.275 e. The van der Waals surface area contributed by atoms with Gasteiger partial charge in [-0.05, 0) is 54.2 Å². The maximum atomic E-state index is 4.98. The number of rotatable bonds is 6. The molecular formula is C23H27N3S. The number of nitrogens with zero attached hydrogens (tertiary/aromatic N) is 3. The van der Waals surface area contributed by atoms with E-state index in [2.05, 4.69) is 68.5 Å². The molecule has 140 valence electrons. The monoisotopic (exact) mass is 377 g/mol. The first-order valence-electron chi connectivity index (χ1n) is 9.87. The van der Waals surface area contributed by atoms with E-state index in [4.69, 9.17) is 4.98 Å². The van der Waals surface area contributed by atoms with E-state index in [1.807, 2.05) is 23.1 Å². The van der Waals surface area contributed by atoms with Gasteiger partial charge in [-0.1, -0.05) is 39.3 Å². The van der Waals surface area contributed by atoms with Crippen LogP contribution < -0.4 is 0 Å². The molecule has 0 aliphatic carbocycles. The highest BCUT2D eigenvalue weighted by Crippen LogP contribution is 2.36. The van der Waals surface area contributed by atoms with Crippen molar-refractivity contribution < 1.29 is 0 Å². The lowest BCUT2D eigenvalue weighted by atomic mass is 9.94. The van der Waals surface area contributed by atoms with Crippen LogP contribution in [0.5, 0.6) is 0 Å². The summed E-state index contributed by atoms with van der Waals surface area (Å²) in [6, 6.07) is 13.2. The maximum absolute atomic E-state index is 4.98. The third-order valence-corrected chi connectivity index (χ3v) is 6.28. The number of hydrogen-bond donors (Lipinski definition) is 0. The number of aryl methyl sites for hydroxylation is 1. The van der Waals surface area contributed by atoms with Crippen LogP contribution in [0.3, 0.4) is 0 Å². The van der Waals surface area contributed by atoms with Gasteiger partial charge in [0.25, 0.3) is 0 Å². The standard InChI is InChI=1S/C23H27N3S/c1-5-6-18(11-15(2)3)23-24-21-10-8-17(13-22(21)27-23)16-7-9-20-19(12-16)14-26(4)25-20/h7-10,12-15,18H,5-6,11H2,1-4H3. The Morgan fingerprint density at radius 1 is 1.04 bits per heavy atom. The average molecular weight is 378 g/mol. The molecule has 2 heterocycles. The SMILES string of the molecule is CCCC(CC(C)C)c1nc2ccc(-c3ccc4nn(C)cc4c3)cc2s1. The van der Waals surface area contributed by atoms with Crippen molar-refractivity contribution in [3.05, 3.63) is 47.6 Å². The van der Waals surface area contributed by atoms with Gasteiger partial charge in [0.05, 0.1) is 20.7 Å². The second kappa shape index (κ2) is 7.43. The van der Waals surface area contributed by atoms with Gasteiger partial charge in [-0.3, -0.25) is 4.68 Å². The predicted octanol–water partition coefficient (Wildman–Crippen LogP) is 6.78. The van der Waals surface area contributed by atoms with Gasteiger partial charge in [0.15, 0.2) is 0 Å². The van der Waals surface area contributed by atoms with E-state index >= 15 is 0 Å². The number of aromatic nitrogens is 3. The minimum atomic E-state index is 0.586. The van der Waals surface area contributed by atoms with E-state index in [1.54, 1.807) is 0 Å². The van der Waals surface area contributed by atoms with Crippen molar-refractivity contribution in [1.82, 2.24) is 14.8 Å². The van der Waals surface area contributed by atoms with Gasteiger partial charge < -0.3 is 0 Å². The van der Waals surface area contributed by atoms with Crippen molar-refractivity contribution in [3.63, 3.8) is 0 Å². The van der Waals surface area contributed by atoms with Crippen LogP contribution >= 0.6 is 11.3 Å². The van der Waals surface area contributed by atoms with Crippen LogP contribution in [0.15, 0.2) is 42.6 Å². The lowest BCUT2D eigenvalue weighted by Crippen LogP contribution is -2.02. The van der Waals surface area contributed by atoms with Gasteiger partial charge >= 0.3 is 0 Å². The van der Waals surface area contributed by atoms with Crippen molar-refractivity contribution in [2.75, 3.05) is 0 Å². The van der Waals surface area contributed by atoms with Crippen LogP contribution in [0, 0.1) is 5.92 Å². The lowest BCUT2D eigenvalue weighted by molar-refractivity contribution is 0.471. The van der Waals surface area contributed by atoms with Crippen molar-refractivity contribution in [2.45, 2.75) is 46.0 Å². The number of benzene rings is 2. The Kier molecular flexibility index (Phi) is 5.00. The molecule has 1 atom stereocenters. The molecule has 4 aromatic rings. The Labute approximate surface area is 165 Å². The van der Waals surface area contributed by atoms with Gasteiger partial charge in [0.1, 0.15) is 0 Å². The molecule has 4 rings (SSSR count). The Bertz CT molecular complexity index is 1070. The first kappa shape index (κ1) is 18.2. The molecule has 0 aliphatic heterocycles. The summed E-state index contributed by atoms with van der Waals surface area (Å²) in [7, 11) is 1.97. The zero-order chi connectivity index (χ0) is 19.0. The van der Waals surface area contributed by atoms with Crippen molar-refractivity contribution >= 4 is 32.5 Å². The molecule has 4 heteroatoms. The molecule has 0 radical (unpaired) electrons. The fourth-order valence-electron chi connectivity index (χ4n) is 3.88.